The summed E-state index contributed by atoms with van der Waals surface area (Å²) in [7, 11) is 0. The molecule has 202 valence electrons. The van der Waals surface area contributed by atoms with Crippen LogP contribution in [0.5, 0.6) is 0 Å². The van der Waals surface area contributed by atoms with Gasteiger partial charge in [-0.05, 0) is 64.2 Å². The summed E-state index contributed by atoms with van der Waals surface area (Å²) in [6.07, 6.45) is 33.9. The third kappa shape index (κ3) is 9.25. The molecule has 4 heteroatoms. The Hall–Kier alpha value is -1.24. The van der Waals surface area contributed by atoms with E-state index < -0.39 is 0 Å². The van der Waals surface area contributed by atoms with E-state index in [1.807, 2.05) is 0 Å². The van der Waals surface area contributed by atoms with Crippen LogP contribution >= 0.6 is 0 Å². The van der Waals surface area contributed by atoms with Crippen molar-refractivity contribution in [1.82, 2.24) is 0 Å². The molecular weight excluding hydrogens is 440 g/mol. The highest BCUT2D eigenvalue weighted by Gasteiger charge is 2.32. The lowest BCUT2D eigenvalue weighted by molar-refractivity contribution is 0.263. The van der Waals surface area contributed by atoms with Crippen LogP contribution in [-0.4, -0.2) is 35.2 Å². The van der Waals surface area contributed by atoms with E-state index in [1.54, 1.807) is 0 Å². The van der Waals surface area contributed by atoms with Crippen molar-refractivity contribution in [2.75, 3.05) is 0 Å². The Morgan fingerprint density at radius 2 is 0.806 bits per heavy atom. The van der Waals surface area contributed by atoms with E-state index in [0.717, 1.165) is 0 Å². The summed E-state index contributed by atoms with van der Waals surface area (Å²) in [5.74, 6) is 0. The zero-order valence-corrected chi connectivity index (χ0v) is 23.3. The van der Waals surface area contributed by atoms with Gasteiger partial charge in [-0.1, -0.05) is 103 Å². The van der Waals surface area contributed by atoms with E-state index in [9.17, 15) is 0 Å². The van der Waals surface area contributed by atoms with Gasteiger partial charge in [-0.15, -0.1) is 0 Å². The molecule has 4 aliphatic carbocycles. The first-order valence-electron chi connectivity index (χ1n) is 16.1. The van der Waals surface area contributed by atoms with E-state index in [4.69, 9.17) is 20.0 Å². The number of aliphatic imine (C=N–C) groups is 4. The molecule has 0 saturated heterocycles. The molecule has 0 atom stereocenters. The zero-order valence-electron chi connectivity index (χ0n) is 23.3. The fraction of sp³-hybridized carbons (Fsp3) is 0.938. The predicted molar refractivity (Wildman–Crippen MR) is 153 cm³/mol. The molecule has 0 aliphatic heterocycles. The first-order chi connectivity index (χ1) is 17.8. The summed E-state index contributed by atoms with van der Waals surface area (Å²) in [5.41, 5.74) is 0.280. The molecule has 0 spiro atoms. The molecule has 4 nitrogen and oxygen atoms in total. The van der Waals surface area contributed by atoms with Gasteiger partial charge in [-0.2, -0.15) is 0 Å². The lowest BCUT2D eigenvalue weighted by atomic mass is 9.77. The van der Waals surface area contributed by atoms with Gasteiger partial charge in [0, 0.05) is 0 Å². The number of hydrogen-bond donors (Lipinski definition) is 0. The highest BCUT2D eigenvalue weighted by molar-refractivity contribution is 5.43. The second kappa shape index (κ2) is 15.2. The number of unbranched alkanes of at least 4 members (excludes halogenated alkanes) is 3. The topological polar surface area (TPSA) is 49.4 Å². The Balaban J connectivity index is 1.22. The van der Waals surface area contributed by atoms with Crippen LogP contribution in [0.3, 0.4) is 0 Å². The highest BCUT2D eigenvalue weighted by atomic mass is 14.9. The maximum Gasteiger partial charge on any atom is 0.0901 e. The fourth-order valence-electron chi connectivity index (χ4n) is 7.37. The van der Waals surface area contributed by atoms with Gasteiger partial charge >= 0.3 is 0 Å². The molecule has 4 fully saturated rings. The third-order valence-corrected chi connectivity index (χ3v) is 9.81. The summed E-state index contributed by atoms with van der Waals surface area (Å²) >= 11 is 0. The summed E-state index contributed by atoms with van der Waals surface area (Å²) in [5, 5.41) is 0. The lowest BCUT2D eigenvalue weighted by Crippen LogP contribution is -2.29. The smallest absolute Gasteiger partial charge is 0.0901 e. The van der Waals surface area contributed by atoms with E-state index in [0.29, 0.717) is 12.1 Å². The van der Waals surface area contributed by atoms with Crippen molar-refractivity contribution in [1.29, 1.82) is 0 Å². The molecule has 4 rings (SSSR count). The van der Waals surface area contributed by atoms with E-state index >= 15 is 0 Å². The SMILES string of the molecule is C(=NC1CCCCC1)=NC1(CCCCCCC2(N=C=NC3CCCCC3)CCCCC2)CCCCC1. The van der Waals surface area contributed by atoms with Crippen LogP contribution in [0.1, 0.15) is 167 Å². The van der Waals surface area contributed by atoms with Crippen molar-refractivity contribution in [3.05, 3.63) is 0 Å². The molecule has 0 bridgehead atoms. The monoisotopic (exact) mass is 494 g/mol. The van der Waals surface area contributed by atoms with E-state index in [-0.39, 0.29) is 11.1 Å². The van der Waals surface area contributed by atoms with Crippen molar-refractivity contribution in [3.63, 3.8) is 0 Å². The molecule has 0 aromatic carbocycles. The minimum absolute atomic E-state index is 0.140. The molecular formula is C32H54N4. The summed E-state index contributed by atoms with van der Waals surface area (Å²) in [6.45, 7) is 0. The van der Waals surface area contributed by atoms with Crippen LogP contribution in [0.4, 0.5) is 0 Å². The van der Waals surface area contributed by atoms with E-state index in [2.05, 4.69) is 12.0 Å². The standard InChI is InChI=1S/C32H54N4/c1(11-21-31(23-13-5-14-24-31)35-27-33-29-17-7-3-8-18-29)2-12-22-32(25-15-6-16-26-32)36-28-34-30-19-9-4-10-20-30/h29-30H,1-26H2. The van der Waals surface area contributed by atoms with Crippen molar-refractivity contribution in [3.8, 4) is 0 Å². The minimum atomic E-state index is 0.140. The molecule has 0 amide bonds. The van der Waals surface area contributed by atoms with E-state index in [1.165, 1.54) is 167 Å². The van der Waals surface area contributed by atoms with Crippen molar-refractivity contribution in [2.45, 2.75) is 190 Å². The van der Waals surface area contributed by atoms with Crippen LogP contribution in [0.2, 0.25) is 0 Å². The summed E-state index contributed by atoms with van der Waals surface area (Å²) in [4.78, 5) is 19.6. The number of rotatable bonds is 11. The molecule has 0 radical (unpaired) electrons. The Bertz CT molecular complexity index is 670. The second-order valence-electron chi connectivity index (χ2n) is 12.7. The van der Waals surface area contributed by atoms with Gasteiger partial charge in [0.25, 0.3) is 0 Å². The molecule has 4 saturated carbocycles. The molecule has 0 aromatic heterocycles. The van der Waals surface area contributed by atoms with Crippen LogP contribution in [0.25, 0.3) is 0 Å². The largest absolute Gasteiger partial charge is 0.222 e. The maximum atomic E-state index is 5.03. The lowest BCUT2D eigenvalue weighted by Gasteiger charge is -2.33. The van der Waals surface area contributed by atoms with Crippen LogP contribution < -0.4 is 0 Å². The molecule has 0 heterocycles. The average Bonchev–Trinajstić information content (AvgIpc) is 2.93. The van der Waals surface area contributed by atoms with Gasteiger partial charge in [0.05, 0.1) is 35.2 Å². The van der Waals surface area contributed by atoms with Gasteiger partial charge in [-0.25, -0.2) is 20.0 Å². The second-order valence-corrected chi connectivity index (χ2v) is 12.7. The van der Waals surface area contributed by atoms with Crippen LogP contribution in [0.15, 0.2) is 20.0 Å². The van der Waals surface area contributed by atoms with Crippen molar-refractivity contribution >= 4 is 12.0 Å². The van der Waals surface area contributed by atoms with Gasteiger partial charge in [0.2, 0.25) is 0 Å². The Labute approximate surface area is 222 Å². The predicted octanol–water partition coefficient (Wildman–Crippen LogP) is 9.75. The minimum Gasteiger partial charge on any atom is -0.222 e. The normalized spacial score (nSPS) is 24.8. The molecule has 4 aliphatic rings. The Kier molecular flexibility index (Phi) is 11.8. The number of hydrogen-bond acceptors (Lipinski definition) is 4. The fourth-order valence-corrected chi connectivity index (χ4v) is 7.37. The van der Waals surface area contributed by atoms with Crippen molar-refractivity contribution in [2.24, 2.45) is 20.0 Å². The Morgan fingerprint density at radius 3 is 1.19 bits per heavy atom. The quantitative estimate of drug-likeness (QED) is 0.203. The highest BCUT2D eigenvalue weighted by Crippen LogP contribution is 2.38. The van der Waals surface area contributed by atoms with Gasteiger partial charge < -0.3 is 0 Å². The van der Waals surface area contributed by atoms with Crippen LogP contribution in [0, 0.1) is 0 Å². The number of nitrogens with zero attached hydrogens (tertiary/aromatic N) is 4. The van der Waals surface area contributed by atoms with Gasteiger partial charge in [-0.3, -0.25) is 0 Å². The first kappa shape index (κ1) is 27.8. The third-order valence-electron chi connectivity index (χ3n) is 9.81. The van der Waals surface area contributed by atoms with Gasteiger partial charge in [0.15, 0.2) is 0 Å². The zero-order chi connectivity index (χ0) is 24.8. The molecule has 0 unspecified atom stereocenters. The van der Waals surface area contributed by atoms with Gasteiger partial charge in [0.1, 0.15) is 0 Å². The van der Waals surface area contributed by atoms with Crippen LogP contribution in [-0.2, 0) is 0 Å². The average molecular weight is 495 g/mol. The maximum absolute atomic E-state index is 5.03. The summed E-state index contributed by atoms with van der Waals surface area (Å²) < 4.78 is 0. The summed E-state index contributed by atoms with van der Waals surface area (Å²) in [6, 6.07) is 7.44. The molecule has 0 aromatic rings. The first-order valence-corrected chi connectivity index (χ1v) is 16.1. The Morgan fingerprint density at radius 1 is 0.444 bits per heavy atom. The molecule has 36 heavy (non-hydrogen) atoms. The molecule has 0 N–H and O–H groups in total. The van der Waals surface area contributed by atoms with Crippen molar-refractivity contribution < 1.29 is 0 Å².